The maximum absolute atomic E-state index is 13.2. The second kappa shape index (κ2) is 38.4. The number of carbonyl (C=O) groups is 3. The van der Waals surface area contributed by atoms with Crippen LogP contribution in [-0.4, -0.2) is 51.5 Å². The van der Waals surface area contributed by atoms with Crippen LogP contribution in [0.1, 0.15) is 232 Å². The fourth-order valence-corrected chi connectivity index (χ4v) is 7.00. The van der Waals surface area contributed by atoms with E-state index in [4.69, 9.17) is 5.11 Å². The molecule has 0 fully saturated rings. The summed E-state index contributed by atoms with van der Waals surface area (Å²) in [6.45, 7) is 3.90. The molecule has 0 rings (SSSR count). The number of hydrogen-bond acceptors (Lipinski definition) is 6. The number of ketones is 3. The average Bonchev–Trinajstić information content (AvgIpc) is 3.13. The van der Waals surface area contributed by atoms with Crippen LogP contribution in [0.3, 0.4) is 0 Å². The lowest BCUT2D eigenvalue weighted by molar-refractivity contribution is -0.135. The Morgan fingerprint density at radius 3 is 1.12 bits per heavy atom. The van der Waals surface area contributed by atoms with Gasteiger partial charge in [-0.2, -0.15) is 0 Å². The van der Waals surface area contributed by atoms with E-state index in [0.29, 0.717) is 19.3 Å². The Morgan fingerprint density at radius 1 is 0.431 bits per heavy atom. The summed E-state index contributed by atoms with van der Waals surface area (Å²) in [6, 6.07) is 0. The van der Waals surface area contributed by atoms with Crippen molar-refractivity contribution in [1.29, 1.82) is 0 Å². The van der Waals surface area contributed by atoms with Crippen molar-refractivity contribution < 1.29 is 29.7 Å². The minimum Gasteiger partial charge on any atom is -0.394 e. The lowest BCUT2D eigenvalue weighted by Crippen LogP contribution is -2.36. The first kappa shape index (κ1) is 49.6. The molecule has 0 aliphatic carbocycles. The van der Waals surface area contributed by atoms with Crippen LogP contribution >= 0.6 is 0 Å². The maximum Gasteiger partial charge on any atom is 0.164 e. The zero-order chi connectivity index (χ0) is 37.6. The number of hydrogen-bond donors (Lipinski definition) is 3. The van der Waals surface area contributed by atoms with Crippen LogP contribution in [-0.2, 0) is 14.4 Å². The van der Waals surface area contributed by atoms with Gasteiger partial charge < -0.3 is 15.3 Å². The van der Waals surface area contributed by atoms with Crippen molar-refractivity contribution in [3.8, 4) is 0 Å². The Balaban J connectivity index is 4.18. The molecular weight excluding hydrogens is 636 g/mol. The average molecular weight is 721 g/mol. The fraction of sp³-hybridized carbons (Fsp3) is 0.889. The van der Waals surface area contributed by atoms with Gasteiger partial charge in [0.15, 0.2) is 5.78 Å². The van der Waals surface area contributed by atoms with Gasteiger partial charge in [-0.1, -0.05) is 174 Å². The van der Waals surface area contributed by atoms with E-state index in [0.717, 1.165) is 89.9 Å². The predicted octanol–water partition coefficient (Wildman–Crippen LogP) is 11.9. The third-order valence-corrected chi connectivity index (χ3v) is 10.5. The van der Waals surface area contributed by atoms with Crippen LogP contribution in [0, 0.1) is 5.92 Å². The van der Waals surface area contributed by atoms with Crippen LogP contribution in [0.4, 0.5) is 0 Å². The molecule has 51 heavy (non-hydrogen) atoms. The number of aliphatic hydroxyl groups excluding tert-OH is 3. The number of carbonyl (C=O) groups excluding carboxylic acids is 3. The van der Waals surface area contributed by atoms with Gasteiger partial charge in [0.05, 0.1) is 12.5 Å². The van der Waals surface area contributed by atoms with E-state index in [2.05, 4.69) is 26.0 Å². The first-order chi connectivity index (χ1) is 24.9. The molecule has 0 aromatic rings. The highest BCUT2D eigenvalue weighted by atomic mass is 16.4. The topological polar surface area (TPSA) is 112 Å². The van der Waals surface area contributed by atoms with E-state index in [9.17, 15) is 24.6 Å². The lowest BCUT2D eigenvalue weighted by Gasteiger charge is -2.15. The van der Waals surface area contributed by atoms with Gasteiger partial charge in [0, 0.05) is 19.3 Å². The molecule has 0 saturated carbocycles. The van der Waals surface area contributed by atoms with Crippen molar-refractivity contribution in [2.75, 3.05) is 6.61 Å². The van der Waals surface area contributed by atoms with E-state index in [1.807, 2.05) is 0 Å². The van der Waals surface area contributed by atoms with E-state index in [1.165, 1.54) is 103 Å². The summed E-state index contributed by atoms with van der Waals surface area (Å²) in [4.78, 5) is 38.2. The molecule has 300 valence electrons. The first-order valence-electron chi connectivity index (χ1n) is 22.1. The zero-order valence-corrected chi connectivity index (χ0v) is 33.7. The number of aliphatic hydroxyl groups is 3. The highest BCUT2D eigenvalue weighted by Gasteiger charge is 2.25. The van der Waals surface area contributed by atoms with E-state index in [1.54, 1.807) is 0 Å². The highest BCUT2D eigenvalue weighted by Crippen LogP contribution is 2.21. The Morgan fingerprint density at radius 2 is 0.745 bits per heavy atom. The molecular formula is C45H84O6. The fourth-order valence-electron chi connectivity index (χ4n) is 7.00. The molecule has 2 atom stereocenters. The summed E-state index contributed by atoms with van der Waals surface area (Å²) in [5.74, 6) is -0.326. The molecule has 0 aliphatic rings. The van der Waals surface area contributed by atoms with Crippen LogP contribution in [0.15, 0.2) is 12.2 Å². The van der Waals surface area contributed by atoms with Gasteiger partial charge in [0.25, 0.3) is 0 Å². The molecule has 3 N–H and O–H groups in total. The third-order valence-electron chi connectivity index (χ3n) is 10.5. The Labute approximate surface area is 315 Å². The Kier molecular flexibility index (Phi) is 37.3. The minimum atomic E-state index is -1.48. The van der Waals surface area contributed by atoms with Crippen LogP contribution < -0.4 is 0 Å². The molecule has 0 saturated heterocycles. The van der Waals surface area contributed by atoms with Crippen molar-refractivity contribution in [2.24, 2.45) is 5.92 Å². The lowest BCUT2D eigenvalue weighted by atomic mass is 9.87. The number of allylic oxidation sites excluding steroid dienone is 2. The molecule has 0 bridgehead atoms. The summed E-state index contributed by atoms with van der Waals surface area (Å²) >= 11 is 0. The third kappa shape index (κ3) is 31.8. The second-order valence-corrected chi connectivity index (χ2v) is 15.4. The molecule has 2 unspecified atom stereocenters. The van der Waals surface area contributed by atoms with E-state index >= 15 is 0 Å². The number of unbranched alkanes of at least 4 members (excludes halogenated alkanes) is 26. The van der Waals surface area contributed by atoms with Crippen molar-refractivity contribution in [3.63, 3.8) is 0 Å². The van der Waals surface area contributed by atoms with Gasteiger partial charge in [-0.25, -0.2) is 0 Å². The molecule has 6 nitrogen and oxygen atoms in total. The molecule has 0 radical (unpaired) electrons. The van der Waals surface area contributed by atoms with Crippen molar-refractivity contribution in [3.05, 3.63) is 12.2 Å². The standard InChI is InChI=1S/C45H84O6/c1-3-5-7-9-11-19-24-28-32-36-41(47)40(42(48)37-33-29-25-20-12-10-8-6-4-2)35-31-27-23-21-17-15-13-14-16-18-22-26-30-34-38-43(49)45(51)44(50)39-46/h13-14,40,44-46,50-51H,3-12,15-39H2,1-2H3/b14-13-. The molecule has 0 spiro atoms. The summed E-state index contributed by atoms with van der Waals surface area (Å²) in [7, 11) is 0. The van der Waals surface area contributed by atoms with Gasteiger partial charge in [-0.05, 0) is 51.4 Å². The van der Waals surface area contributed by atoms with Crippen molar-refractivity contribution >= 4 is 17.3 Å². The van der Waals surface area contributed by atoms with Gasteiger partial charge in [0.1, 0.15) is 23.8 Å². The van der Waals surface area contributed by atoms with Gasteiger partial charge in [0.2, 0.25) is 0 Å². The van der Waals surface area contributed by atoms with E-state index in [-0.39, 0.29) is 23.9 Å². The minimum absolute atomic E-state index is 0.217. The SMILES string of the molecule is CCCCCCCCCCCC(=O)C(CCCCCCC/C=C\CCCCCCCC(=O)C(O)C(O)CO)C(=O)CCCCCCCCCCC. The van der Waals surface area contributed by atoms with Gasteiger partial charge in [-0.3, -0.25) is 14.4 Å². The number of rotatable bonds is 41. The summed E-state index contributed by atoms with van der Waals surface area (Å²) in [5, 5.41) is 27.8. The molecule has 0 aromatic heterocycles. The smallest absolute Gasteiger partial charge is 0.164 e. The Bertz CT molecular complexity index is 790. The molecule has 0 amide bonds. The maximum atomic E-state index is 13.2. The van der Waals surface area contributed by atoms with Crippen LogP contribution in [0.5, 0.6) is 0 Å². The quantitative estimate of drug-likeness (QED) is 0.0329. The normalized spacial score (nSPS) is 13.0. The van der Waals surface area contributed by atoms with Crippen molar-refractivity contribution in [2.45, 2.75) is 244 Å². The summed E-state index contributed by atoms with van der Waals surface area (Å²) in [6.07, 6.45) is 38.9. The number of Topliss-reactive ketones (excluding diaryl/α,β-unsaturated/α-hetero) is 3. The highest BCUT2D eigenvalue weighted by molar-refractivity contribution is 6.02. The second-order valence-electron chi connectivity index (χ2n) is 15.4. The predicted molar refractivity (Wildman–Crippen MR) is 215 cm³/mol. The van der Waals surface area contributed by atoms with Gasteiger partial charge in [-0.15, -0.1) is 0 Å². The largest absolute Gasteiger partial charge is 0.394 e. The summed E-state index contributed by atoms with van der Waals surface area (Å²) < 4.78 is 0. The van der Waals surface area contributed by atoms with Crippen LogP contribution in [0.25, 0.3) is 0 Å². The monoisotopic (exact) mass is 721 g/mol. The molecule has 0 aliphatic heterocycles. The molecule has 0 heterocycles. The van der Waals surface area contributed by atoms with Crippen molar-refractivity contribution in [1.82, 2.24) is 0 Å². The van der Waals surface area contributed by atoms with Gasteiger partial charge >= 0.3 is 0 Å². The molecule has 0 aromatic carbocycles. The van der Waals surface area contributed by atoms with E-state index < -0.39 is 24.6 Å². The first-order valence-corrected chi connectivity index (χ1v) is 22.1. The van der Waals surface area contributed by atoms with Crippen LogP contribution in [0.2, 0.25) is 0 Å². The molecule has 6 heteroatoms. The zero-order valence-electron chi connectivity index (χ0n) is 33.7. The Hall–Kier alpha value is -1.37. The summed E-state index contributed by atoms with van der Waals surface area (Å²) in [5.41, 5.74) is 0.